The van der Waals surface area contributed by atoms with Crippen LogP contribution >= 0.6 is 11.6 Å². The molecule has 1 aromatic carbocycles. The summed E-state index contributed by atoms with van der Waals surface area (Å²) in [5, 5.41) is 4.03. The molecule has 0 saturated carbocycles. The maximum Gasteiger partial charge on any atom is 0.0792 e. The van der Waals surface area contributed by atoms with Crippen LogP contribution in [0.4, 0.5) is 5.69 Å². The summed E-state index contributed by atoms with van der Waals surface area (Å²) < 4.78 is 5.71. The van der Waals surface area contributed by atoms with Crippen LogP contribution in [0.3, 0.4) is 0 Å². The first-order valence-electron chi connectivity index (χ1n) is 12.0. The van der Waals surface area contributed by atoms with Crippen LogP contribution in [0.15, 0.2) is 41.5 Å². The van der Waals surface area contributed by atoms with Gasteiger partial charge in [0, 0.05) is 24.2 Å². The molecule has 1 N–H and O–H groups in total. The topological polar surface area (TPSA) is 21.3 Å². The van der Waals surface area contributed by atoms with E-state index in [1.165, 1.54) is 28.8 Å². The second-order valence-electron chi connectivity index (χ2n) is 10.9. The molecule has 2 aliphatic rings. The Balaban J connectivity index is 1.94. The van der Waals surface area contributed by atoms with Gasteiger partial charge in [0.25, 0.3) is 0 Å². The summed E-state index contributed by atoms with van der Waals surface area (Å²) in [7, 11) is 1.82. The van der Waals surface area contributed by atoms with Gasteiger partial charge in [-0.1, -0.05) is 63.6 Å². The van der Waals surface area contributed by atoms with Crippen LogP contribution < -0.4 is 5.32 Å². The van der Waals surface area contributed by atoms with Crippen molar-refractivity contribution < 1.29 is 4.74 Å². The Labute approximate surface area is 195 Å². The van der Waals surface area contributed by atoms with E-state index in [-0.39, 0.29) is 17.1 Å². The number of allylic oxidation sites excluding steroid dienone is 2. The van der Waals surface area contributed by atoms with Crippen molar-refractivity contribution in [3.05, 3.63) is 52.6 Å². The van der Waals surface area contributed by atoms with Crippen molar-refractivity contribution in [3.8, 4) is 0 Å². The molecule has 3 rings (SSSR count). The molecule has 2 atom stereocenters. The third kappa shape index (κ3) is 5.22. The minimum Gasteiger partial charge on any atom is -0.380 e. The number of alkyl halides is 1. The number of methoxy groups -OCH3 is 1. The third-order valence-electron chi connectivity index (χ3n) is 7.31. The summed E-state index contributed by atoms with van der Waals surface area (Å²) in [5.74, 6) is 1.68. The Morgan fingerprint density at radius 1 is 1.16 bits per heavy atom. The second kappa shape index (κ2) is 9.71. The summed E-state index contributed by atoms with van der Waals surface area (Å²) in [6.07, 6.45) is 10.2. The van der Waals surface area contributed by atoms with Crippen molar-refractivity contribution in [2.75, 3.05) is 18.3 Å². The van der Waals surface area contributed by atoms with Gasteiger partial charge in [-0.3, -0.25) is 0 Å². The molecular weight excluding hydrogens is 402 g/mol. The van der Waals surface area contributed by atoms with E-state index >= 15 is 0 Å². The molecule has 0 radical (unpaired) electrons. The van der Waals surface area contributed by atoms with E-state index in [0.717, 1.165) is 25.7 Å². The average Bonchev–Trinajstić information content (AvgIpc) is 3.04. The lowest BCUT2D eigenvalue weighted by atomic mass is 9.68. The molecule has 172 valence electrons. The SMILES string of the molecule is COC1C=CC2=C(C1)C(CCCl)(CC(C)(C)Nc1c(C(C)C)cccc1C(C)C)CC2. The number of hydrogen-bond acceptors (Lipinski definition) is 2. The predicted octanol–water partition coefficient (Wildman–Crippen LogP) is 8.19. The molecule has 0 aromatic heterocycles. The van der Waals surface area contributed by atoms with Crippen LogP contribution in [0.5, 0.6) is 0 Å². The highest BCUT2D eigenvalue weighted by molar-refractivity contribution is 6.17. The number of hydrogen-bond donors (Lipinski definition) is 1. The largest absolute Gasteiger partial charge is 0.380 e. The molecule has 0 amide bonds. The zero-order chi connectivity index (χ0) is 22.8. The van der Waals surface area contributed by atoms with E-state index in [4.69, 9.17) is 16.3 Å². The third-order valence-corrected chi connectivity index (χ3v) is 7.50. The van der Waals surface area contributed by atoms with E-state index < -0.39 is 0 Å². The fourth-order valence-electron chi connectivity index (χ4n) is 5.87. The summed E-state index contributed by atoms with van der Waals surface area (Å²) in [5.41, 5.74) is 7.39. The lowest BCUT2D eigenvalue weighted by Gasteiger charge is -2.42. The lowest BCUT2D eigenvalue weighted by molar-refractivity contribution is 0.130. The minimum absolute atomic E-state index is 0.0487. The van der Waals surface area contributed by atoms with Crippen LogP contribution in [0, 0.1) is 5.41 Å². The number of benzene rings is 1. The van der Waals surface area contributed by atoms with Gasteiger partial charge in [0.05, 0.1) is 6.10 Å². The average molecular weight is 444 g/mol. The highest BCUT2D eigenvalue weighted by Gasteiger charge is 2.44. The van der Waals surface area contributed by atoms with Gasteiger partial charge in [0.2, 0.25) is 0 Å². The monoisotopic (exact) mass is 443 g/mol. The summed E-state index contributed by atoms with van der Waals surface area (Å²) in [6, 6.07) is 6.79. The fraction of sp³-hybridized carbons (Fsp3) is 0.643. The molecule has 0 spiro atoms. The van der Waals surface area contributed by atoms with Gasteiger partial charge < -0.3 is 10.1 Å². The van der Waals surface area contributed by atoms with Gasteiger partial charge in [0.15, 0.2) is 0 Å². The Hall–Kier alpha value is -1.25. The summed E-state index contributed by atoms with van der Waals surface area (Å²) >= 11 is 6.40. The highest BCUT2D eigenvalue weighted by atomic mass is 35.5. The van der Waals surface area contributed by atoms with Gasteiger partial charge >= 0.3 is 0 Å². The van der Waals surface area contributed by atoms with Crippen LogP contribution in [-0.2, 0) is 4.74 Å². The van der Waals surface area contributed by atoms with E-state index in [0.29, 0.717) is 17.7 Å². The Morgan fingerprint density at radius 3 is 2.35 bits per heavy atom. The van der Waals surface area contributed by atoms with Gasteiger partial charge in [-0.2, -0.15) is 0 Å². The van der Waals surface area contributed by atoms with Crippen molar-refractivity contribution >= 4 is 17.3 Å². The fourth-order valence-corrected chi connectivity index (χ4v) is 6.23. The van der Waals surface area contributed by atoms with Crippen LogP contribution in [-0.4, -0.2) is 24.6 Å². The predicted molar refractivity (Wildman–Crippen MR) is 136 cm³/mol. The second-order valence-corrected chi connectivity index (χ2v) is 11.2. The Morgan fingerprint density at radius 2 is 1.81 bits per heavy atom. The number of anilines is 1. The number of ether oxygens (including phenoxy) is 1. The normalized spacial score (nSPS) is 23.7. The van der Waals surface area contributed by atoms with Gasteiger partial charge in [0.1, 0.15) is 0 Å². The number of halogens is 1. The standard InChI is InChI=1S/C28H42ClNO/c1-19(2)23-9-8-10-24(20(3)4)26(23)30-27(5,6)18-28(15-16-29)14-13-21-11-12-22(31-7)17-25(21)28/h8-12,19-20,22,30H,13-18H2,1-7H3. The van der Waals surface area contributed by atoms with Crippen LogP contribution in [0.25, 0.3) is 0 Å². The molecule has 2 aliphatic carbocycles. The molecule has 2 unspecified atom stereocenters. The van der Waals surface area contributed by atoms with Gasteiger partial charge in [-0.05, 0) is 79.9 Å². The van der Waals surface area contributed by atoms with Gasteiger partial charge in [-0.25, -0.2) is 0 Å². The Kier molecular flexibility index (Phi) is 7.64. The van der Waals surface area contributed by atoms with E-state index in [9.17, 15) is 0 Å². The highest BCUT2D eigenvalue weighted by Crippen LogP contribution is 2.54. The summed E-state index contributed by atoms with van der Waals surface area (Å²) in [4.78, 5) is 0. The van der Waals surface area contributed by atoms with Gasteiger partial charge in [-0.15, -0.1) is 11.6 Å². The first kappa shape index (κ1) is 24.4. The molecule has 0 bridgehead atoms. The van der Waals surface area contributed by atoms with Crippen molar-refractivity contribution in [2.45, 2.75) is 97.1 Å². The maximum absolute atomic E-state index is 6.40. The number of rotatable bonds is 9. The zero-order valence-electron chi connectivity index (χ0n) is 20.6. The quantitative estimate of drug-likeness (QED) is 0.388. The van der Waals surface area contributed by atoms with Crippen molar-refractivity contribution in [1.29, 1.82) is 0 Å². The molecule has 3 heteroatoms. The molecule has 0 heterocycles. The zero-order valence-corrected chi connectivity index (χ0v) is 21.4. The molecular formula is C28H42ClNO. The molecule has 0 fully saturated rings. The maximum atomic E-state index is 6.40. The molecule has 31 heavy (non-hydrogen) atoms. The lowest BCUT2D eigenvalue weighted by Crippen LogP contribution is -2.40. The molecule has 0 aliphatic heterocycles. The molecule has 2 nitrogen and oxygen atoms in total. The van der Waals surface area contributed by atoms with E-state index in [1.807, 2.05) is 7.11 Å². The molecule has 0 saturated heterocycles. The number of para-hydroxylation sites is 1. The first-order chi connectivity index (χ1) is 14.6. The minimum atomic E-state index is -0.0487. The van der Waals surface area contributed by atoms with Crippen LogP contribution in [0.1, 0.15) is 96.6 Å². The smallest absolute Gasteiger partial charge is 0.0792 e. The number of nitrogens with one attached hydrogen (secondary N) is 1. The Bertz CT molecular complexity index is 809. The van der Waals surface area contributed by atoms with Crippen LogP contribution in [0.2, 0.25) is 0 Å². The van der Waals surface area contributed by atoms with Crippen molar-refractivity contribution in [2.24, 2.45) is 5.41 Å². The van der Waals surface area contributed by atoms with E-state index in [2.05, 4.69) is 77.2 Å². The van der Waals surface area contributed by atoms with E-state index in [1.54, 1.807) is 5.57 Å². The van der Waals surface area contributed by atoms with Crippen molar-refractivity contribution in [3.63, 3.8) is 0 Å². The summed E-state index contributed by atoms with van der Waals surface area (Å²) in [6.45, 7) is 13.9. The first-order valence-corrected chi connectivity index (χ1v) is 12.6. The van der Waals surface area contributed by atoms with Crippen molar-refractivity contribution in [1.82, 2.24) is 0 Å². The molecule has 1 aromatic rings.